The summed E-state index contributed by atoms with van der Waals surface area (Å²) < 4.78 is 59.5. The summed E-state index contributed by atoms with van der Waals surface area (Å²) in [6.45, 7) is 14.6. The number of hydrogen-bond donors (Lipinski definition) is 6. The molecule has 13 atom stereocenters. The first-order valence-electron chi connectivity index (χ1n) is 25.2. The topological polar surface area (TPSA) is 270 Å². The van der Waals surface area contributed by atoms with Gasteiger partial charge in [0.2, 0.25) is 5.91 Å². The van der Waals surface area contributed by atoms with Gasteiger partial charge in [0.15, 0.2) is 18.7 Å². The molecule has 0 aliphatic carbocycles. The number of cyclic esters (lactones) is 1. The number of carbonyl (C=O) groups is 3. The summed E-state index contributed by atoms with van der Waals surface area (Å²) in [7, 11) is -0.657. The minimum atomic E-state index is -4.22. The number of benzene rings is 1. The number of hydrogen-bond acceptors (Lipinski definition) is 18. The Labute approximate surface area is 443 Å². The van der Waals surface area contributed by atoms with Crippen LogP contribution in [0.3, 0.4) is 0 Å². The van der Waals surface area contributed by atoms with E-state index in [9.17, 15) is 39.2 Å². The van der Waals surface area contributed by atoms with E-state index in [2.05, 4.69) is 25.5 Å². The number of oxime groups is 1. The van der Waals surface area contributed by atoms with Crippen molar-refractivity contribution in [3.8, 4) is 10.6 Å². The fourth-order valence-corrected chi connectivity index (χ4v) is 11.0. The summed E-state index contributed by atoms with van der Waals surface area (Å²) in [6.07, 6.45) is -5.44. The number of rotatable bonds is 19. The molecule has 6 N–H and O–H groups in total. The third-order valence-corrected chi connectivity index (χ3v) is 15.5. The Morgan fingerprint density at radius 3 is 2.35 bits per heavy atom. The average molecular weight is 1090 g/mol. The lowest BCUT2D eigenvalue weighted by molar-refractivity contribution is -0.293. The number of ether oxygens (including phenoxy) is 4. The van der Waals surface area contributed by atoms with E-state index < -0.39 is 97.0 Å². The van der Waals surface area contributed by atoms with Crippen molar-refractivity contribution in [2.45, 2.75) is 174 Å². The molecule has 2 aliphatic rings. The highest BCUT2D eigenvalue weighted by molar-refractivity contribution is 7.54. The van der Waals surface area contributed by atoms with Crippen LogP contribution in [0.5, 0.6) is 0 Å². The van der Waals surface area contributed by atoms with Gasteiger partial charge in [-0.25, -0.2) is 18.7 Å². The number of pyridine rings is 1. The average Bonchev–Trinajstić information content (AvgIpc) is 3.82. The van der Waals surface area contributed by atoms with Crippen molar-refractivity contribution >= 4 is 48.3 Å². The number of aromatic nitrogens is 2. The fraction of sp³-hybridized carbons (Fsp3) is 0.615. The van der Waals surface area contributed by atoms with Crippen molar-refractivity contribution < 1.29 is 71.9 Å². The molecule has 1 saturated heterocycles. The number of thiazole rings is 1. The molecule has 2 aromatic heterocycles. The number of nitrogens with zero attached hydrogens (tertiary/aromatic N) is 4. The summed E-state index contributed by atoms with van der Waals surface area (Å²) in [5.74, 6) is -5.44. The monoisotopic (exact) mass is 1090 g/mol. The van der Waals surface area contributed by atoms with Crippen LogP contribution in [0.15, 0.2) is 70.5 Å². The SMILES string of the molecule is CCC(=O)NC1=C(C)[C@@H](OCC(CC)=NOCc2ccc(-c3nc(NP(=O)(O)OCc4ccccc4)cs3)cn2)[C@](C)(O)[C@@H](CC)OC(=O)[C@@](C)(F)C(=O)[C@H](C)[C@@H](O[C@@H]2O[C@H](C)C[C@H](N(C)C)[C@H]2O)[C@](C)(O)C[C@H]1C. The Bertz CT molecular complexity index is 2510. The second-order valence-electron chi connectivity index (χ2n) is 20.2. The highest BCUT2D eigenvalue weighted by Crippen LogP contribution is 2.44. The van der Waals surface area contributed by atoms with E-state index in [0.717, 1.165) is 12.5 Å². The van der Waals surface area contributed by atoms with E-state index in [-0.39, 0.29) is 56.2 Å². The number of likely N-dealkylation sites (N-methyl/N-ethyl adjacent to an activating group) is 1. The van der Waals surface area contributed by atoms with Crippen molar-refractivity contribution in [1.29, 1.82) is 0 Å². The lowest BCUT2D eigenvalue weighted by atomic mass is 9.76. The molecule has 4 heterocycles. The molecule has 2 aliphatic heterocycles. The van der Waals surface area contributed by atoms with Gasteiger partial charge in [0.25, 0.3) is 5.67 Å². The summed E-state index contributed by atoms with van der Waals surface area (Å²) in [5, 5.41) is 48.4. The zero-order valence-electron chi connectivity index (χ0n) is 44.9. The van der Waals surface area contributed by atoms with Gasteiger partial charge >= 0.3 is 13.7 Å². The van der Waals surface area contributed by atoms with Crippen LogP contribution in [0.4, 0.5) is 10.2 Å². The molecular formula is C52H76FN6O14PS. The van der Waals surface area contributed by atoms with Crippen molar-refractivity contribution in [1.82, 2.24) is 20.2 Å². The van der Waals surface area contributed by atoms with Gasteiger partial charge in [-0.2, -0.15) is 0 Å². The first-order chi connectivity index (χ1) is 35.1. The van der Waals surface area contributed by atoms with Gasteiger partial charge in [-0.05, 0) is 104 Å². The minimum Gasteiger partial charge on any atom is -0.457 e. The van der Waals surface area contributed by atoms with Crippen LogP contribution in [0.25, 0.3) is 10.6 Å². The summed E-state index contributed by atoms with van der Waals surface area (Å²) in [6, 6.07) is 12.0. The van der Waals surface area contributed by atoms with Crippen LogP contribution in [-0.4, -0.2) is 139 Å². The molecule has 1 amide bonds. The normalized spacial score (nSPS) is 31.3. The maximum atomic E-state index is 16.9. The van der Waals surface area contributed by atoms with Gasteiger partial charge in [-0.15, -0.1) is 11.3 Å². The molecule has 0 radical (unpaired) electrons. The first-order valence-corrected chi connectivity index (χ1v) is 27.7. The molecule has 20 nitrogen and oxygen atoms in total. The summed E-state index contributed by atoms with van der Waals surface area (Å²) >= 11 is 1.23. The van der Waals surface area contributed by atoms with E-state index in [1.165, 1.54) is 32.1 Å². The number of ketones is 1. The summed E-state index contributed by atoms with van der Waals surface area (Å²) in [5.41, 5.74) is -4.73. The van der Waals surface area contributed by atoms with E-state index in [4.69, 9.17) is 28.3 Å². The largest absolute Gasteiger partial charge is 0.457 e. The number of alkyl halides is 1. The number of carbonyl (C=O) groups excluding carboxylic acids is 3. The van der Waals surface area contributed by atoms with Crippen LogP contribution >= 0.6 is 19.1 Å². The highest BCUT2D eigenvalue weighted by atomic mass is 32.1. The van der Waals surface area contributed by atoms with E-state index in [0.29, 0.717) is 34.8 Å². The second-order valence-corrected chi connectivity index (χ2v) is 22.6. The minimum absolute atomic E-state index is 0.0525. The van der Waals surface area contributed by atoms with Crippen LogP contribution in [0.2, 0.25) is 0 Å². The smallest absolute Gasteiger partial charge is 0.431 e. The number of Topliss-reactive ketones (excluding diaryl/α,β-unsaturated/α-hetero) is 1. The lowest BCUT2D eigenvalue weighted by Crippen LogP contribution is -2.60. The molecule has 0 bridgehead atoms. The number of anilines is 1. The second kappa shape index (κ2) is 26.2. The Balaban J connectivity index is 1.40. The van der Waals surface area contributed by atoms with Gasteiger partial charge in [0.1, 0.15) is 34.7 Å². The number of aliphatic hydroxyl groups excluding tert-OH is 1. The number of halogens is 1. The number of amides is 1. The third-order valence-electron chi connectivity index (χ3n) is 13.6. The van der Waals surface area contributed by atoms with E-state index >= 15 is 4.39 Å². The standard InChI is InChI=1S/C52H76FN6O14PS/c1-13-36(57-69-28-37-22-21-35(25-54-37)47-55-40(29-75-47)58-74(66,67)70-26-34-19-17-16-18-20-34)27-68-46-32(6)42(56-41(60)15-3)30(4)24-50(8,64)45(73-48-43(61)38(59(11)12)23-31(5)71-48)33(7)44(62)51(9,53)49(63)72-39(14-2)52(46,10)65/h16-22,25,29-31,33,38-39,43,45-46,48,61,64-65H,13-15,23-24,26-28H2,1-12H3,(H,56,60)(H2,58,66,67)/t30-,31-,33+,38+,39-,43-,45-,46-,48+,50-,51+,52-/m1/s1. The van der Waals surface area contributed by atoms with Crippen molar-refractivity contribution in [2.24, 2.45) is 17.0 Å². The third kappa shape index (κ3) is 15.8. The van der Waals surface area contributed by atoms with Gasteiger partial charge in [-0.3, -0.25) is 24.2 Å². The van der Waals surface area contributed by atoms with Crippen LogP contribution in [-0.2, 0) is 60.5 Å². The van der Waals surface area contributed by atoms with Crippen LogP contribution in [0.1, 0.15) is 113 Å². The Hall–Kier alpha value is -4.58. The molecule has 75 heavy (non-hydrogen) atoms. The molecule has 1 fully saturated rings. The van der Waals surface area contributed by atoms with E-state index in [1.54, 1.807) is 109 Å². The molecule has 23 heteroatoms. The maximum Gasteiger partial charge on any atom is 0.431 e. The Morgan fingerprint density at radius 2 is 1.73 bits per heavy atom. The van der Waals surface area contributed by atoms with Gasteiger partial charge in [0, 0.05) is 41.2 Å². The van der Waals surface area contributed by atoms with Gasteiger partial charge in [-0.1, -0.05) is 70.1 Å². The predicted molar refractivity (Wildman–Crippen MR) is 280 cm³/mol. The first kappa shape index (κ1) is 61.3. The number of aliphatic hydroxyl groups is 3. The highest BCUT2D eigenvalue weighted by Gasteiger charge is 2.55. The van der Waals surface area contributed by atoms with Crippen LogP contribution in [0, 0.1) is 11.8 Å². The molecule has 1 aromatic carbocycles. The molecule has 1 unspecified atom stereocenters. The van der Waals surface area contributed by atoms with Gasteiger partial charge < -0.3 is 54.2 Å². The van der Waals surface area contributed by atoms with Crippen molar-refractivity contribution in [3.63, 3.8) is 0 Å². The zero-order chi connectivity index (χ0) is 55.6. The molecule has 416 valence electrons. The Morgan fingerprint density at radius 1 is 1.04 bits per heavy atom. The van der Waals surface area contributed by atoms with E-state index in [1.807, 2.05) is 6.07 Å². The molecule has 5 rings (SSSR count). The number of allylic oxidation sites excluding steroid dienone is 1. The fourth-order valence-electron chi connectivity index (χ4n) is 9.42. The van der Waals surface area contributed by atoms with Crippen molar-refractivity contribution in [2.75, 3.05) is 25.8 Å². The van der Waals surface area contributed by atoms with Crippen molar-refractivity contribution in [3.05, 3.63) is 76.6 Å². The molecule has 3 aromatic rings. The molecular weight excluding hydrogens is 1010 g/mol. The molecule has 0 saturated carbocycles. The quantitative estimate of drug-likeness (QED) is 0.0232. The molecule has 0 spiro atoms. The number of nitrogens with one attached hydrogen (secondary N) is 2. The summed E-state index contributed by atoms with van der Waals surface area (Å²) in [4.78, 5) is 68.3. The van der Waals surface area contributed by atoms with Gasteiger partial charge in [0.05, 0.1) is 42.4 Å². The van der Waals surface area contributed by atoms with Crippen LogP contribution < -0.4 is 10.4 Å². The number of esters is 1. The lowest BCUT2D eigenvalue weighted by Gasteiger charge is -2.46. The Kier molecular flexibility index (Phi) is 21.4. The maximum absolute atomic E-state index is 16.9. The zero-order valence-corrected chi connectivity index (χ0v) is 46.7. The predicted octanol–water partition coefficient (Wildman–Crippen LogP) is 7.01.